The van der Waals surface area contributed by atoms with Crippen molar-refractivity contribution in [1.29, 1.82) is 0 Å². The summed E-state index contributed by atoms with van der Waals surface area (Å²) in [6.45, 7) is 3.19. The van der Waals surface area contributed by atoms with E-state index in [4.69, 9.17) is 5.73 Å². The third-order valence-corrected chi connectivity index (χ3v) is 4.53. The number of H-pyrrole nitrogens is 1. The van der Waals surface area contributed by atoms with Gasteiger partial charge < -0.3 is 20.9 Å². The standard InChI is InChI=1S/C18H23N5O2/c1-12-9-17(24)21-11-15(12)18(25)23-7-2-3-13(6-8-23)22-14-4-5-16(19)20-10-14/h4-5,9-11,13,22H,2-3,6-8H2,1H3,(H2,19,20)(H,21,24). The predicted molar refractivity (Wildman–Crippen MR) is 97.6 cm³/mol. The van der Waals surface area contributed by atoms with E-state index in [9.17, 15) is 9.59 Å². The van der Waals surface area contributed by atoms with Gasteiger partial charge in [0.25, 0.3) is 5.91 Å². The van der Waals surface area contributed by atoms with Gasteiger partial charge in [-0.3, -0.25) is 9.59 Å². The fraction of sp³-hybridized carbons (Fsp3) is 0.389. The number of hydrogen-bond donors (Lipinski definition) is 3. The number of likely N-dealkylation sites (tertiary alicyclic amines) is 1. The number of amides is 1. The average molecular weight is 341 g/mol. The van der Waals surface area contributed by atoms with Crippen LogP contribution < -0.4 is 16.6 Å². The van der Waals surface area contributed by atoms with Crippen LogP contribution in [0.15, 0.2) is 35.4 Å². The van der Waals surface area contributed by atoms with E-state index in [0.717, 1.165) is 31.5 Å². The summed E-state index contributed by atoms with van der Waals surface area (Å²) >= 11 is 0. The molecule has 0 aliphatic carbocycles. The predicted octanol–water partition coefficient (Wildman–Crippen LogP) is 1.77. The van der Waals surface area contributed by atoms with E-state index in [1.165, 1.54) is 12.3 Å². The Kier molecular flexibility index (Phi) is 5.02. The Bertz CT molecular complexity index is 800. The zero-order valence-electron chi connectivity index (χ0n) is 14.3. The fourth-order valence-electron chi connectivity index (χ4n) is 3.14. The van der Waals surface area contributed by atoms with E-state index in [-0.39, 0.29) is 11.5 Å². The fourth-order valence-corrected chi connectivity index (χ4v) is 3.14. The second-order valence-corrected chi connectivity index (χ2v) is 6.43. The number of pyridine rings is 2. The molecule has 1 aliphatic heterocycles. The van der Waals surface area contributed by atoms with Crippen molar-refractivity contribution in [3.05, 3.63) is 52.1 Å². The Morgan fingerprint density at radius 1 is 1.36 bits per heavy atom. The molecule has 1 amide bonds. The molecular formula is C18H23N5O2. The molecule has 4 N–H and O–H groups in total. The second kappa shape index (κ2) is 7.38. The van der Waals surface area contributed by atoms with Crippen molar-refractivity contribution < 1.29 is 4.79 Å². The van der Waals surface area contributed by atoms with Gasteiger partial charge in [-0.25, -0.2) is 4.98 Å². The van der Waals surface area contributed by atoms with E-state index in [1.807, 2.05) is 11.0 Å². The number of nitrogens with two attached hydrogens (primary N) is 1. The van der Waals surface area contributed by atoms with Crippen molar-refractivity contribution in [3.63, 3.8) is 0 Å². The van der Waals surface area contributed by atoms with Gasteiger partial charge >= 0.3 is 0 Å². The van der Waals surface area contributed by atoms with Crippen molar-refractivity contribution in [2.75, 3.05) is 24.1 Å². The molecule has 1 fully saturated rings. The summed E-state index contributed by atoms with van der Waals surface area (Å²) in [5.74, 6) is 0.475. The Morgan fingerprint density at radius 3 is 2.92 bits per heavy atom. The van der Waals surface area contributed by atoms with Gasteiger partial charge in [-0.1, -0.05) is 0 Å². The molecule has 132 valence electrons. The zero-order chi connectivity index (χ0) is 17.8. The minimum Gasteiger partial charge on any atom is -0.384 e. The molecule has 0 radical (unpaired) electrons. The molecule has 1 unspecified atom stereocenters. The summed E-state index contributed by atoms with van der Waals surface area (Å²) in [7, 11) is 0. The highest BCUT2D eigenvalue weighted by Crippen LogP contribution is 2.19. The zero-order valence-corrected chi connectivity index (χ0v) is 14.3. The number of nitrogen functional groups attached to an aromatic ring is 1. The van der Waals surface area contributed by atoms with Gasteiger partial charge in [0.05, 0.1) is 17.4 Å². The number of aromatic nitrogens is 2. The summed E-state index contributed by atoms with van der Waals surface area (Å²) in [6.07, 6.45) is 6.01. The van der Waals surface area contributed by atoms with Gasteiger partial charge in [-0.2, -0.15) is 0 Å². The first-order valence-corrected chi connectivity index (χ1v) is 8.49. The Balaban J connectivity index is 1.63. The number of nitrogens with one attached hydrogen (secondary N) is 2. The van der Waals surface area contributed by atoms with E-state index in [1.54, 1.807) is 19.2 Å². The summed E-state index contributed by atoms with van der Waals surface area (Å²) in [5, 5.41) is 3.46. The Hall–Kier alpha value is -2.83. The lowest BCUT2D eigenvalue weighted by Gasteiger charge is -2.22. The maximum atomic E-state index is 12.7. The summed E-state index contributed by atoms with van der Waals surface area (Å²) in [5.41, 5.74) is 7.63. The van der Waals surface area contributed by atoms with Crippen LogP contribution in [0, 0.1) is 6.92 Å². The van der Waals surface area contributed by atoms with Crippen molar-refractivity contribution >= 4 is 17.4 Å². The highest BCUT2D eigenvalue weighted by atomic mass is 16.2. The number of carbonyl (C=O) groups is 1. The van der Waals surface area contributed by atoms with Crippen molar-refractivity contribution in [2.45, 2.75) is 32.2 Å². The molecule has 2 aromatic rings. The van der Waals surface area contributed by atoms with Crippen LogP contribution in [0.4, 0.5) is 11.5 Å². The highest BCUT2D eigenvalue weighted by molar-refractivity contribution is 5.95. The van der Waals surface area contributed by atoms with Crippen LogP contribution in [0.2, 0.25) is 0 Å². The number of aromatic amines is 1. The lowest BCUT2D eigenvalue weighted by molar-refractivity contribution is 0.0760. The first-order valence-electron chi connectivity index (χ1n) is 8.49. The number of hydrogen-bond acceptors (Lipinski definition) is 5. The smallest absolute Gasteiger partial charge is 0.255 e. The van der Waals surface area contributed by atoms with Crippen molar-refractivity contribution in [3.8, 4) is 0 Å². The topological polar surface area (TPSA) is 104 Å². The maximum absolute atomic E-state index is 12.7. The van der Waals surface area contributed by atoms with Gasteiger partial charge in [-0.15, -0.1) is 0 Å². The number of aryl methyl sites for hydroxylation is 1. The van der Waals surface area contributed by atoms with E-state index < -0.39 is 0 Å². The van der Waals surface area contributed by atoms with Crippen molar-refractivity contribution in [1.82, 2.24) is 14.9 Å². The third kappa shape index (κ3) is 4.17. The largest absolute Gasteiger partial charge is 0.384 e. The Morgan fingerprint density at radius 2 is 2.20 bits per heavy atom. The first kappa shape index (κ1) is 17.0. The van der Waals surface area contributed by atoms with Crippen LogP contribution in [0.5, 0.6) is 0 Å². The average Bonchev–Trinajstić information content (AvgIpc) is 2.82. The van der Waals surface area contributed by atoms with E-state index in [0.29, 0.717) is 29.5 Å². The van der Waals surface area contributed by atoms with E-state index in [2.05, 4.69) is 15.3 Å². The molecule has 0 bridgehead atoms. The quantitative estimate of drug-likeness (QED) is 0.789. The molecule has 7 nitrogen and oxygen atoms in total. The molecule has 7 heteroatoms. The normalized spacial score (nSPS) is 17.8. The number of rotatable bonds is 3. The van der Waals surface area contributed by atoms with Gasteiger partial charge in [0, 0.05) is 31.4 Å². The molecule has 3 heterocycles. The van der Waals surface area contributed by atoms with Gasteiger partial charge in [-0.05, 0) is 43.9 Å². The first-order chi connectivity index (χ1) is 12.0. The van der Waals surface area contributed by atoms with Gasteiger partial charge in [0.1, 0.15) is 5.82 Å². The summed E-state index contributed by atoms with van der Waals surface area (Å²) in [4.78, 5) is 32.6. The molecule has 0 aromatic carbocycles. The number of anilines is 2. The molecular weight excluding hydrogens is 318 g/mol. The van der Waals surface area contributed by atoms with Gasteiger partial charge in [0.2, 0.25) is 5.56 Å². The molecule has 1 atom stereocenters. The second-order valence-electron chi connectivity index (χ2n) is 6.43. The molecule has 2 aromatic heterocycles. The lowest BCUT2D eigenvalue weighted by atomic mass is 10.1. The number of nitrogens with zero attached hydrogens (tertiary/aromatic N) is 2. The molecule has 0 spiro atoms. The highest BCUT2D eigenvalue weighted by Gasteiger charge is 2.22. The van der Waals surface area contributed by atoms with Crippen LogP contribution in [0.1, 0.15) is 35.2 Å². The van der Waals surface area contributed by atoms with Crippen LogP contribution in [0.3, 0.4) is 0 Å². The minimum absolute atomic E-state index is 0.0245. The van der Waals surface area contributed by atoms with Crippen LogP contribution >= 0.6 is 0 Å². The molecule has 0 saturated carbocycles. The number of carbonyl (C=O) groups excluding carboxylic acids is 1. The lowest BCUT2D eigenvalue weighted by Crippen LogP contribution is -2.33. The molecule has 3 rings (SSSR count). The molecule has 1 aliphatic rings. The minimum atomic E-state index is -0.189. The van der Waals surface area contributed by atoms with Crippen LogP contribution in [0.25, 0.3) is 0 Å². The maximum Gasteiger partial charge on any atom is 0.255 e. The van der Waals surface area contributed by atoms with Crippen LogP contribution in [-0.2, 0) is 0 Å². The SMILES string of the molecule is Cc1cc(=O)[nH]cc1C(=O)N1CCCC(Nc2ccc(N)nc2)CC1. The van der Waals surface area contributed by atoms with Crippen molar-refractivity contribution in [2.24, 2.45) is 0 Å². The molecule has 25 heavy (non-hydrogen) atoms. The summed E-state index contributed by atoms with van der Waals surface area (Å²) in [6, 6.07) is 5.44. The van der Waals surface area contributed by atoms with Gasteiger partial charge in [0.15, 0.2) is 0 Å². The third-order valence-electron chi connectivity index (χ3n) is 4.53. The molecule has 1 saturated heterocycles. The Labute approximate surface area is 146 Å². The van der Waals surface area contributed by atoms with Crippen LogP contribution in [-0.4, -0.2) is 39.9 Å². The van der Waals surface area contributed by atoms with E-state index >= 15 is 0 Å². The summed E-state index contributed by atoms with van der Waals surface area (Å²) < 4.78 is 0. The monoisotopic (exact) mass is 341 g/mol.